The van der Waals surface area contributed by atoms with Crippen LogP contribution in [0.2, 0.25) is 0 Å². The molecule has 2 aromatic carbocycles. The van der Waals surface area contributed by atoms with Crippen LogP contribution in [-0.2, 0) is 24.4 Å². The van der Waals surface area contributed by atoms with E-state index in [0.29, 0.717) is 78.1 Å². The van der Waals surface area contributed by atoms with Gasteiger partial charge in [-0.1, -0.05) is 26.0 Å². The lowest BCUT2D eigenvalue weighted by Gasteiger charge is -2.40. The van der Waals surface area contributed by atoms with Crippen molar-refractivity contribution in [3.8, 4) is 28.6 Å². The monoisotopic (exact) mass is 901 g/mol. The number of carbonyl (C=O) groups is 4. The summed E-state index contributed by atoms with van der Waals surface area (Å²) in [5, 5.41) is 14.4. The molecule has 1 saturated heterocycles. The second-order valence-electron chi connectivity index (χ2n) is 19.0. The first-order valence-corrected chi connectivity index (χ1v) is 24.0. The fourth-order valence-corrected chi connectivity index (χ4v) is 12.0. The minimum absolute atomic E-state index is 0.0605. The van der Waals surface area contributed by atoms with E-state index in [0.717, 1.165) is 12.8 Å². The van der Waals surface area contributed by atoms with Crippen molar-refractivity contribution in [2.75, 3.05) is 20.8 Å². The molecule has 3 N–H and O–H groups in total. The number of amides is 4. The van der Waals surface area contributed by atoms with Gasteiger partial charge in [0.1, 0.15) is 29.5 Å². The van der Waals surface area contributed by atoms with Crippen LogP contribution in [0, 0.1) is 35.4 Å². The first kappa shape index (κ1) is 43.8. The summed E-state index contributed by atoms with van der Waals surface area (Å²) < 4.78 is 60.7. The molecule has 1 aromatic heterocycles. The van der Waals surface area contributed by atoms with Crippen LogP contribution in [0.1, 0.15) is 78.1 Å². The van der Waals surface area contributed by atoms with Gasteiger partial charge in [0.15, 0.2) is 11.6 Å². The highest BCUT2D eigenvalue weighted by atomic mass is 32.2. The van der Waals surface area contributed by atoms with Crippen molar-refractivity contribution < 1.29 is 51.3 Å². The number of pyridine rings is 1. The SMILES string of the molecule is COc1ccc2c(O[C@@H]3C[C@H]4C(=O)N[C@]5(C(=O)NS(=O)(=O)C6CC6)C[C@H]5/C=C\CC[C@H](C)C[C@@H](C)[C@H](N(C(=O)O)C5CC6C[C@H]6C5)C(=O)N4C3)nc(-c3ccc(OC)c(F)c3)cc2c1. The molecule has 15 nitrogen and oxygen atoms in total. The Morgan fingerprint density at radius 3 is 2.44 bits per heavy atom. The largest absolute Gasteiger partial charge is 0.497 e. The number of halogens is 1. The summed E-state index contributed by atoms with van der Waals surface area (Å²) in [6.07, 6.45) is 7.05. The number of aromatic nitrogens is 1. The number of benzene rings is 2. The number of nitrogens with one attached hydrogen (secondary N) is 2. The summed E-state index contributed by atoms with van der Waals surface area (Å²) in [7, 11) is -1.05. The number of carboxylic acid groups (broad SMARTS) is 1. The van der Waals surface area contributed by atoms with Crippen LogP contribution < -0.4 is 24.2 Å². The van der Waals surface area contributed by atoms with Crippen molar-refractivity contribution in [3.05, 3.63) is 60.4 Å². The summed E-state index contributed by atoms with van der Waals surface area (Å²) in [6.45, 7) is 3.86. The standard InChI is InChI=1S/C47H56FN5O10S/c1-25-7-5-6-8-31-23-47(31,45(56)51-64(59,60)35-11-12-35)50-42(54)39-22-34(24-52(39)44(55)41(26(2)15-25)53(46(57)58)32-17-28-16-29(28)18-32)63-43-36-13-10-33(61-3)19-30(36)21-38(49-43)27-9-14-40(62-4)37(48)20-27/h6,8-10,13-14,19-21,25-26,28-29,31-32,34-35,39,41H,5,7,11-12,15-18,22-24H2,1-4H3,(H,50,54)(H,51,56)(H,57,58)/b8-6-/t25-,26+,28-,29?,31+,32?,34+,39-,41-,47+/m0/s1. The Kier molecular flexibility index (Phi) is 11.5. The maximum atomic E-state index is 15.4. The van der Waals surface area contributed by atoms with Crippen LogP contribution in [0.5, 0.6) is 17.4 Å². The smallest absolute Gasteiger partial charge is 0.408 e. The lowest BCUT2D eigenvalue weighted by Crippen LogP contribution is -2.61. The first-order chi connectivity index (χ1) is 30.6. The van der Waals surface area contributed by atoms with Gasteiger partial charge in [0.05, 0.1) is 31.7 Å². The van der Waals surface area contributed by atoms with Gasteiger partial charge in [0, 0.05) is 29.3 Å². The van der Waals surface area contributed by atoms with Crippen molar-refractivity contribution in [1.29, 1.82) is 0 Å². The Bertz CT molecular complexity index is 2510. The topological polar surface area (TPSA) is 194 Å². The molecule has 5 fully saturated rings. The van der Waals surface area contributed by atoms with Crippen molar-refractivity contribution in [3.63, 3.8) is 0 Å². The van der Waals surface area contributed by atoms with Gasteiger partial charge in [-0.3, -0.25) is 24.0 Å². The van der Waals surface area contributed by atoms with Crippen molar-refractivity contribution in [1.82, 2.24) is 24.8 Å². The normalized spacial score (nSPS) is 31.9. The van der Waals surface area contributed by atoms with E-state index in [9.17, 15) is 27.9 Å². The van der Waals surface area contributed by atoms with Crippen LogP contribution in [0.25, 0.3) is 22.0 Å². The number of hydrogen-bond donors (Lipinski definition) is 3. The molecular weight excluding hydrogens is 846 g/mol. The molecule has 0 spiro atoms. The third-order valence-electron chi connectivity index (χ3n) is 14.4. The predicted molar refractivity (Wildman–Crippen MR) is 233 cm³/mol. The Morgan fingerprint density at radius 1 is 0.984 bits per heavy atom. The van der Waals surface area contributed by atoms with Gasteiger partial charge in [-0.25, -0.2) is 22.6 Å². The van der Waals surface area contributed by atoms with Gasteiger partial charge in [0.2, 0.25) is 27.7 Å². The molecule has 4 amide bonds. The zero-order chi connectivity index (χ0) is 45.2. The van der Waals surface area contributed by atoms with E-state index in [4.69, 9.17) is 19.2 Å². The Morgan fingerprint density at radius 2 is 1.75 bits per heavy atom. The molecule has 0 radical (unpaired) electrons. The number of carbonyl (C=O) groups excluding carboxylic acids is 3. The fourth-order valence-electron chi connectivity index (χ4n) is 10.6. The van der Waals surface area contributed by atoms with Crippen LogP contribution >= 0.6 is 0 Å². The first-order valence-electron chi connectivity index (χ1n) is 22.4. The highest BCUT2D eigenvalue weighted by Crippen LogP contribution is 2.54. The molecule has 9 rings (SSSR count). The summed E-state index contributed by atoms with van der Waals surface area (Å²) in [6, 6.07) is 8.84. The molecule has 17 heteroatoms. The van der Waals surface area contributed by atoms with Crippen molar-refractivity contribution in [2.45, 2.75) is 113 Å². The molecule has 6 aliphatic rings. The summed E-state index contributed by atoms with van der Waals surface area (Å²) in [4.78, 5) is 65.3. The third-order valence-corrected chi connectivity index (χ3v) is 16.3. The number of sulfonamides is 1. The van der Waals surface area contributed by atoms with E-state index in [1.54, 1.807) is 30.3 Å². The molecule has 2 aliphatic heterocycles. The number of hydrogen-bond acceptors (Lipinski definition) is 10. The average Bonchev–Trinajstić information content (AvgIpc) is 4.22. The molecule has 10 atom stereocenters. The molecule has 3 aromatic rings. The zero-order valence-corrected chi connectivity index (χ0v) is 37.3. The van der Waals surface area contributed by atoms with Gasteiger partial charge < -0.3 is 29.5 Å². The lowest BCUT2D eigenvalue weighted by molar-refractivity contribution is -0.145. The van der Waals surface area contributed by atoms with E-state index in [1.807, 2.05) is 19.1 Å². The Labute approximate surface area is 372 Å². The van der Waals surface area contributed by atoms with Gasteiger partial charge in [-0.05, 0) is 129 Å². The highest BCUT2D eigenvalue weighted by molar-refractivity contribution is 7.91. The molecule has 64 heavy (non-hydrogen) atoms. The maximum Gasteiger partial charge on any atom is 0.408 e. The molecular formula is C47H56FN5O10S. The van der Waals surface area contributed by atoms with E-state index < -0.39 is 80.5 Å². The minimum Gasteiger partial charge on any atom is -0.497 e. The fraction of sp³-hybridized carbons (Fsp3) is 0.553. The second-order valence-corrected chi connectivity index (χ2v) is 21.0. The molecule has 342 valence electrons. The second kappa shape index (κ2) is 16.8. The van der Waals surface area contributed by atoms with E-state index in [-0.39, 0.29) is 43.0 Å². The highest BCUT2D eigenvalue weighted by Gasteiger charge is 2.62. The molecule has 4 saturated carbocycles. The van der Waals surface area contributed by atoms with Gasteiger partial charge in [-0.15, -0.1) is 0 Å². The average molecular weight is 902 g/mol. The number of ether oxygens (including phenoxy) is 3. The van der Waals surface area contributed by atoms with Crippen molar-refractivity contribution in [2.24, 2.45) is 29.6 Å². The van der Waals surface area contributed by atoms with Gasteiger partial charge in [0.25, 0.3) is 5.91 Å². The predicted octanol–water partition coefficient (Wildman–Crippen LogP) is 6.05. The van der Waals surface area contributed by atoms with E-state index in [2.05, 4.69) is 17.0 Å². The quantitative estimate of drug-likeness (QED) is 0.201. The minimum atomic E-state index is -3.96. The Balaban J connectivity index is 1.10. The van der Waals surface area contributed by atoms with E-state index in [1.165, 1.54) is 36.2 Å². The molecule has 2 unspecified atom stereocenters. The van der Waals surface area contributed by atoms with Crippen LogP contribution in [0.3, 0.4) is 0 Å². The van der Waals surface area contributed by atoms with Gasteiger partial charge >= 0.3 is 6.09 Å². The third kappa shape index (κ3) is 8.47. The zero-order valence-electron chi connectivity index (χ0n) is 36.5. The number of allylic oxidation sites excluding steroid dienone is 1. The van der Waals surface area contributed by atoms with Crippen LogP contribution in [0.15, 0.2) is 54.6 Å². The van der Waals surface area contributed by atoms with E-state index >= 15 is 9.18 Å². The maximum absolute atomic E-state index is 15.4. The van der Waals surface area contributed by atoms with Gasteiger partial charge in [-0.2, -0.15) is 0 Å². The molecule has 4 aliphatic carbocycles. The lowest BCUT2D eigenvalue weighted by atomic mass is 9.86. The number of methoxy groups -OCH3 is 2. The molecule has 0 bridgehead atoms. The summed E-state index contributed by atoms with van der Waals surface area (Å²) >= 11 is 0. The summed E-state index contributed by atoms with van der Waals surface area (Å²) in [5.74, 6) is -1.83. The van der Waals surface area contributed by atoms with Crippen LogP contribution in [0.4, 0.5) is 9.18 Å². The number of rotatable bonds is 10. The summed E-state index contributed by atoms with van der Waals surface area (Å²) in [5.41, 5.74) is -0.778. The Hall–Kier alpha value is -5.45. The number of nitrogens with zero attached hydrogens (tertiary/aromatic N) is 3. The number of fused-ring (bicyclic) bond motifs is 4. The molecule has 3 heterocycles. The van der Waals surface area contributed by atoms with Crippen LogP contribution in [-0.4, -0.2) is 108 Å². The van der Waals surface area contributed by atoms with Crippen molar-refractivity contribution >= 4 is 44.6 Å².